The summed E-state index contributed by atoms with van der Waals surface area (Å²) in [4.78, 5) is 14.5. The zero-order valence-electron chi connectivity index (χ0n) is 15.3. The van der Waals surface area contributed by atoms with Gasteiger partial charge in [0, 0.05) is 39.6 Å². The Morgan fingerprint density at radius 2 is 1.96 bits per heavy atom. The van der Waals surface area contributed by atoms with Gasteiger partial charge in [0.2, 0.25) is 0 Å². The minimum Gasteiger partial charge on any atom is -0.322 e. The summed E-state index contributed by atoms with van der Waals surface area (Å²) >= 11 is 0. The van der Waals surface area contributed by atoms with Crippen molar-refractivity contribution in [2.75, 3.05) is 11.9 Å². The van der Waals surface area contributed by atoms with Gasteiger partial charge in [0.25, 0.3) is 0 Å². The summed E-state index contributed by atoms with van der Waals surface area (Å²) in [5.74, 6) is 0.507. The number of amides is 2. The van der Waals surface area contributed by atoms with E-state index in [2.05, 4.69) is 5.32 Å². The summed E-state index contributed by atoms with van der Waals surface area (Å²) in [6.07, 6.45) is 4.63. The lowest BCUT2D eigenvalue weighted by molar-refractivity contribution is 0.192. The predicted molar refractivity (Wildman–Crippen MR) is 102 cm³/mol. The molecule has 24 heavy (non-hydrogen) atoms. The largest absolute Gasteiger partial charge is 0.322 e. The summed E-state index contributed by atoms with van der Waals surface area (Å²) in [5, 5.41) is 3.01. The molecule has 0 heterocycles. The van der Waals surface area contributed by atoms with E-state index in [1.54, 1.807) is 0 Å². The summed E-state index contributed by atoms with van der Waals surface area (Å²) in [6.45, 7) is 8.70. The third-order valence-electron chi connectivity index (χ3n) is 4.53. The zero-order valence-corrected chi connectivity index (χ0v) is 16.1. The lowest BCUT2D eigenvalue weighted by atomic mass is 10.2. The van der Waals surface area contributed by atoms with Crippen LogP contribution in [0.2, 0.25) is 0 Å². The third-order valence-corrected chi connectivity index (χ3v) is 6.49. The van der Waals surface area contributed by atoms with Gasteiger partial charge in [-0.3, -0.25) is 4.21 Å². The normalized spacial score (nSPS) is 16.8. The third kappa shape index (κ3) is 5.07. The Morgan fingerprint density at radius 3 is 2.54 bits per heavy atom. The van der Waals surface area contributed by atoms with E-state index in [9.17, 15) is 9.00 Å². The molecule has 1 aromatic carbocycles. The standard InChI is InChI=1S/C19H30N2O2S/c1-5-21(17-11-6-7-12-17)18(22)20-16-10-8-9-15(13-16)14-24(23)19(2,3)4/h8-10,13,17H,5-7,11-12,14H2,1-4H3,(H,20,22). The molecule has 0 aromatic heterocycles. The van der Waals surface area contributed by atoms with Crippen LogP contribution in [0, 0.1) is 0 Å². The molecule has 1 aliphatic carbocycles. The Morgan fingerprint density at radius 1 is 1.29 bits per heavy atom. The molecule has 0 spiro atoms. The van der Waals surface area contributed by atoms with Crippen LogP contribution >= 0.6 is 0 Å². The van der Waals surface area contributed by atoms with E-state index >= 15 is 0 Å². The van der Waals surface area contributed by atoms with Crippen LogP contribution in [0.5, 0.6) is 0 Å². The van der Waals surface area contributed by atoms with E-state index in [0.29, 0.717) is 11.8 Å². The van der Waals surface area contributed by atoms with Gasteiger partial charge in [0.05, 0.1) is 0 Å². The van der Waals surface area contributed by atoms with Crippen molar-refractivity contribution < 1.29 is 9.00 Å². The van der Waals surface area contributed by atoms with Crippen LogP contribution in [-0.2, 0) is 16.6 Å². The van der Waals surface area contributed by atoms with Gasteiger partial charge in [-0.05, 0) is 58.2 Å². The molecule has 5 heteroatoms. The fourth-order valence-corrected chi connectivity index (χ4v) is 4.00. The Hall–Kier alpha value is -1.36. The molecule has 134 valence electrons. The molecule has 0 radical (unpaired) electrons. The van der Waals surface area contributed by atoms with E-state index in [-0.39, 0.29) is 10.8 Å². The van der Waals surface area contributed by atoms with Crippen molar-refractivity contribution in [2.45, 2.75) is 69.9 Å². The molecule has 2 rings (SSSR count). The molecule has 0 saturated heterocycles. The number of hydrogen-bond donors (Lipinski definition) is 1. The Balaban J connectivity index is 2.03. The highest BCUT2D eigenvalue weighted by molar-refractivity contribution is 7.85. The molecule has 0 bridgehead atoms. The molecule has 1 atom stereocenters. The second-order valence-electron chi connectivity index (χ2n) is 7.46. The van der Waals surface area contributed by atoms with Crippen molar-refractivity contribution >= 4 is 22.5 Å². The van der Waals surface area contributed by atoms with Gasteiger partial charge in [0.1, 0.15) is 0 Å². The van der Waals surface area contributed by atoms with Crippen LogP contribution in [0.15, 0.2) is 24.3 Å². The van der Waals surface area contributed by atoms with Crippen LogP contribution in [0.1, 0.15) is 58.9 Å². The summed E-state index contributed by atoms with van der Waals surface area (Å²) in [5.41, 5.74) is 1.77. The first kappa shape index (κ1) is 19.0. The molecule has 1 aromatic rings. The number of anilines is 1. The number of nitrogens with zero attached hydrogens (tertiary/aromatic N) is 1. The Kier molecular flexibility index (Phi) is 6.44. The topological polar surface area (TPSA) is 49.4 Å². The minimum atomic E-state index is -0.945. The van der Waals surface area contributed by atoms with E-state index < -0.39 is 10.8 Å². The first-order valence-electron chi connectivity index (χ1n) is 8.86. The van der Waals surface area contributed by atoms with Crippen molar-refractivity contribution in [3.63, 3.8) is 0 Å². The van der Waals surface area contributed by atoms with Gasteiger partial charge >= 0.3 is 6.03 Å². The summed E-state index contributed by atoms with van der Waals surface area (Å²) in [6, 6.07) is 8.04. The van der Waals surface area contributed by atoms with Crippen LogP contribution < -0.4 is 5.32 Å². The van der Waals surface area contributed by atoms with Crippen LogP contribution in [0.25, 0.3) is 0 Å². The van der Waals surface area contributed by atoms with E-state index in [1.807, 2.05) is 56.9 Å². The smallest absolute Gasteiger partial charge is 0.322 e. The number of hydrogen-bond acceptors (Lipinski definition) is 2. The fraction of sp³-hybridized carbons (Fsp3) is 0.632. The van der Waals surface area contributed by atoms with Gasteiger partial charge in [-0.15, -0.1) is 0 Å². The quantitative estimate of drug-likeness (QED) is 0.848. The highest BCUT2D eigenvalue weighted by Crippen LogP contribution is 2.24. The molecule has 2 amide bonds. The SMILES string of the molecule is CCN(C(=O)Nc1cccc(CS(=O)C(C)(C)C)c1)C1CCCC1. The number of carbonyl (C=O) groups is 1. The van der Waals surface area contributed by atoms with E-state index in [4.69, 9.17) is 0 Å². The van der Waals surface area contributed by atoms with Crippen LogP contribution in [0.4, 0.5) is 10.5 Å². The molecule has 1 N–H and O–H groups in total. The zero-order chi connectivity index (χ0) is 17.7. The lowest BCUT2D eigenvalue weighted by Gasteiger charge is -2.28. The molecule has 1 saturated carbocycles. The number of carbonyl (C=O) groups excluding carboxylic acids is 1. The van der Waals surface area contributed by atoms with Crippen molar-refractivity contribution in [1.29, 1.82) is 0 Å². The van der Waals surface area contributed by atoms with E-state index in [0.717, 1.165) is 30.6 Å². The maximum atomic E-state index is 12.6. The van der Waals surface area contributed by atoms with Crippen molar-refractivity contribution in [3.8, 4) is 0 Å². The first-order chi connectivity index (χ1) is 11.3. The summed E-state index contributed by atoms with van der Waals surface area (Å²) in [7, 11) is -0.945. The number of benzene rings is 1. The molecule has 1 fully saturated rings. The van der Waals surface area contributed by atoms with Gasteiger partial charge in [0.15, 0.2) is 0 Å². The van der Waals surface area contributed by atoms with Crippen LogP contribution in [-0.4, -0.2) is 32.5 Å². The summed E-state index contributed by atoms with van der Waals surface area (Å²) < 4.78 is 12.1. The number of rotatable bonds is 5. The predicted octanol–water partition coefficient (Wildman–Crippen LogP) is 4.53. The monoisotopic (exact) mass is 350 g/mol. The first-order valence-corrected chi connectivity index (χ1v) is 10.2. The molecule has 0 aliphatic heterocycles. The van der Waals surface area contributed by atoms with Gasteiger partial charge < -0.3 is 10.2 Å². The highest BCUT2D eigenvalue weighted by Gasteiger charge is 2.25. The average molecular weight is 351 g/mol. The fourth-order valence-electron chi connectivity index (χ4n) is 3.09. The second-order valence-corrected chi connectivity index (χ2v) is 9.66. The Bertz CT molecular complexity index is 589. The van der Waals surface area contributed by atoms with Crippen LogP contribution in [0.3, 0.4) is 0 Å². The maximum Gasteiger partial charge on any atom is 0.322 e. The average Bonchev–Trinajstić information content (AvgIpc) is 3.01. The van der Waals surface area contributed by atoms with Gasteiger partial charge in [-0.1, -0.05) is 25.0 Å². The second kappa shape index (κ2) is 8.15. The molecular weight excluding hydrogens is 320 g/mol. The van der Waals surface area contributed by atoms with Gasteiger partial charge in [-0.2, -0.15) is 0 Å². The lowest BCUT2D eigenvalue weighted by Crippen LogP contribution is -2.41. The van der Waals surface area contributed by atoms with Gasteiger partial charge in [-0.25, -0.2) is 4.79 Å². The molecular formula is C19H30N2O2S. The maximum absolute atomic E-state index is 12.6. The van der Waals surface area contributed by atoms with E-state index in [1.165, 1.54) is 12.8 Å². The number of nitrogens with one attached hydrogen (secondary N) is 1. The molecule has 4 nitrogen and oxygen atoms in total. The molecule has 1 aliphatic rings. The van der Waals surface area contributed by atoms with Crippen molar-refractivity contribution in [1.82, 2.24) is 4.90 Å². The number of urea groups is 1. The van der Waals surface area contributed by atoms with Crippen molar-refractivity contribution in [3.05, 3.63) is 29.8 Å². The Labute approximate surface area is 148 Å². The highest BCUT2D eigenvalue weighted by atomic mass is 32.2. The van der Waals surface area contributed by atoms with Crippen molar-refractivity contribution in [2.24, 2.45) is 0 Å². The minimum absolute atomic E-state index is 0.0292. The molecule has 1 unspecified atom stereocenters.